The molecule has 2 amide bonds. The molecule has 1 aromatic rings. The zero-order valence-electron chi connectivity index (χ0n) is 12.2. The van der Waals surface area contributed by atoms with Gasteiger partial charge in [0.15, 0.2) is 0 Å². The summed E-state index contributed by atoms with van der Waals surface area (Å²) in [6, 6.07) is 6.95. The number of rotatable bonds is 7. The Morgan fingerprint density at radius 2 is 1.81 bits per heavy atom. The normalized spacial score (nSPS) is 19.9. The van der Waals surface area contributed by atoms with Gasteiger partial charge in [0.2, 0.25) is 11.8 Å². The lowest BCUT2D eigenvalue weighted by molar-refractivity contribution is -0.125. The molecular weight excluding hydrogens is 288 g/mol. The molecule has 5 heteroatoms. The minimum atomic E-state index is -0.202. The second-order valence-electron chi connectivity index (χ2n) is 5.44. The molecule has 2 unspecified atom stereocenters. The summed E-state index contributed by atoms with van der Waals surface area (Å²) in [6.45, 7) is 2.83. The molecule has 0 aromatic heterocycles. The average molecular weight is 309 g/mol. The average Bonchev–Trinajstić information content (AvgIpc) is 3.26. The van der Waals surface area contributed by atoms with Crippen molar-refractivity contribution in [3.8, 4) is 0 Å². The number of amides is 2. The van der Waals surface area contributed by atoms with Gasteiger partial charge in [-0.1, -0.05) is 31.4 Å². The van der Waals surface area contributed by atoms with Crippen LogP contribution in [0.5, 0.6) is 0 Å². The number of hydrogen-bond acceptors (Lipinski definition) is 2. The van der Waals surface area contributed by atoms with E-state index in [0.29, 0.717) is 23.7 Å². The Balaban J connectivity index is 1.73. The largest absolute Gasteiger partial charge is 0.356 e. The minimum Gasteiger partial charge on any atom is -0.356 e. The summed E-state index contributed by atoms with van der Waals surface area (Å²) in [5.41, 5.74) is 0.707. The number of carbonyl (C=O) groups excluding carboxylic acids is 2. The molecule has 1 saturated carbocycles. The van der Waals surface area contributed by atoms with Crippen LogP contribution in [0.15, 0.2) is 24.3 Å². The minimum absolute atomic E-state index is 0.00218. The van der Waals surface area contributed by atoms with Crippen molar-refractivity contribution in [3.63, 3.8) is 0 Å². The maximum atomic E-state index is 12.0. The zero-order chi connectivity index (χ0) is 15.2. The van der Waals surface area contributed by atoms with Crippen molar-refractivity contribution < 1.29 is 9.59 Å². The van der Waals surface area contributed by atoms with Gasteiger partial charge in [-0.2, -0.15) is 0 Å². The van der Waals surface area contributed by atoms with Gasteiger partial charge in [-0.25, -0.2) is 0 Å². The predicted molar refractivity (Wildman–Crippen MR) is 84.2 cm³/mol. The van der Waals surface area contributed by atoms with E-state index in [9.17, 15) is 9.59 Å². The number of nitrogens with one attached hydrogen (secondary N) is 2. The van der Waals surface area contributed by atoms with Gasteiger partial charge >= 0.3 is 0 Å². The van der Waals surface area contributed by atoms with Crippen LogP contribution in [0, 0.1) is 11.8 Å². The summed E-state index contributed by atoms with van der Waals surface area (Å²) in [6.07, 6.45) is 3.88. The van der Waals surface area contributed by atoms with E-state index in [1.165, 1.54) is 0 Å². The number of anilines is 1. The van der Waals surface area contributed by atoms with Crippen LogP contribution in [-0.4, -0.2) is 18.4 Å². The number of carbonyl (C=O) groups is 2. The Hall–Kier alpha value is -1.55. The van der Waals surface area contributed by atoms with Gasteiger partial charge in [-0.3, -0.25) is 9.59 Å². The van der Waals surface area contributed by atoms with Gasteiger partial charge in [0.1, 0.15) is 0 Å². The fourth-order valence-corrected chi connectivity index (χ4v) is 2.39. The molecule has 114 valence electrons. The van der Waals surface area contributed by atoms with Gasteiger partial charge in [-0.15, -0.1) is 0 Å². The maximum absolute atomic E-state index is 12.0. The van der Waals surface area contributed by atoms with E-state index in [1.54, 1.807) is 24.3 Å². The van der Waals surface area contributed by atoms with Crippen LogP contribution in [0.2, 0.25) is 5.02 Å². The molecule has 4 nitrogen and oxygen atoms in total. The van der Waals surface area contributed by atoms with Crippen LogP contribution in [0.3, 0.4) is 0 Å². The van der Waals surface area contributed by atoms with Crippen molar-refractivity contribution in [3.05, 3.63) is 29.3 Å². The van der Waals surface area contributed by atoms with Crippen LogP contribution in [0.25, 0.3) is 0 Å². The molecule has 0 heterocycles. The van der Waals surface area contributed by atoms with Crippen molar-refractivity contribution in [2.45, 2.75) is 32.6 Å². The number of halogens is 1. The molecule has 1 aliphatic rings. The van der Waals surface area contributed by atoms with Crippen LogP contribution >= 0.6 is 11.6 Å². The van der Waals surface area contributed by atoms with E-state index in [1.807, 2.05) is 0 Å². The first-order valence-electron chi connectivity index (χ1n) is 7.46. The van der Waals surface area contributed by atoms with E-state index in [0.717, 1.165) is 19.3 Å². The molecule has 2 rings (SSSR count). The Morgan fingerprint density at radius 1 is 1.14 bits per heavy atom. The Kier molecular flexibility index (Phi) is 5.62. The third-order valence-corrected chi connectivity index (χ3v) is 3.91. The van der Waals surface area contributed by atoms with Gasteiger partial charge in [0.05, 0.1) is 11.8 Å². The molecule has 1 aliphatic carbocycles. The number of unbranched alkanes of at least 4 members (excludes halogenated alkanes) is 2. The Morgan fingerprint density at radius 3 is 2.48 bits per heavy atom. The van der Waals surface area contributed by atoms with Crippen LogP contribution in [-0.2, 0) is 9.59 Å². The summed E-state index contributed by atoms with van der Waals surface area (Å²) < 4.78 is 0. The zero-order valence-corrected chi connectivity index (χ0v) is 13.0. The van der Waals surface area contributed by atoms with Gasteiger partial charge < -0.3 is 10.6 Å². The summed E-state index contributed by atoms with van der Waals surface area (Å²) in [7, 11) is 0. The van der Waals surface area contributed by atoms with Crippen LogP contribution < -0.4 is 10.6 Å². The van der Waals surface area contributed by atoms with E-state index >= 15 is 0 Å². The molecule has 2 atom stereocenters. The SMILES string of the molecule is CCCCCNC(=O)C1CC1C(=O)Nc1ccc(Cl)cc1. The smallest absolute Gasteiger partial charge is 0.228 e. The maximum Gasteiger partial charge on any atom is 0.228 e. The molecule has 1 aromatic carbocycles. The molecular formula is C16H21ClN2O2. The molecule has 0 bridgehead atoms. The first kappa shape index (κ1) is 15.8. The summed E-state index contributed by atoms with van der Waals surface area (Å²) in [4.78, 5) is 23.9. The number of benzene rings is 1. The van der Waals surface area contributed by atoms with Crippen molar-refractivity contribution in [2.24, 2.45) is 11.8 Å². The monoisotopic (exact) mass is 308 g/mol. The summed E-state index contributed by atoms with van der Waals surface area (Å²) in [5, 5.41) is 6.34. The molecule has 0 spiro atoms. The van der Waals surface area contributed by atoms with Crippen molar-refractivity contribution >= 4 is 29.1 Å². The third kappa shape index (κ3) is 4.74. The van der Waals surface area contributed by atoms with Crippen LogP contribution in [0.4, 0.5) is 5.69 Å². The van der Waals surface area contributed by atoms with Crippen molar-refractivity contribution in [1.82, 2.24) is 5.32 Å². The summed E-state index contributed by atoms with van der Waals surface area (Å²) in [5.74, 6) is -0.459. The topological polar surface area (TPSA) is 58.2 Å². The van der Waals surface area contributed by atoms with Gasteiger partial charge in [0.25, 0.3) is 0 Å². The second-order valence-corrected chi connectivity index (χ2v) is 5.88. The predicted octanol–water partition coefficient (Wildman–Crippen LogP) is 3.22. The fourth-order valence-electron chi connectivity index (χ4n) is 2.26. The third-order valence-electron chi connectivity index (χ3n) is 3.66. The first-order valence-corrected chi connectivity index (χ1v) is 7.83. The number of hydrogen-bond donors (Lipinski definition) is 2. The Bertz CT molecular complexity index is 502. The molecule has 21 heavy (non-hydrogen) atoms. The van der Waals surface area contributed by atoms with E-state index in [2.05, 4.69) is 17.6 Å². The molecule has 2 N–H and O–H groups in total. The fraction of sp³-hybridized carbons (Fsp3) is 0.500. The molecule has 0 radical (unpaired) electrons. The standard InChI is InChI=1S/C16H21ClN2O2/c1-2-3-4-9-18-15(20)13-10-14(13)16(21)19-12-7-5-11(17)6-8-12/h5-8,13-14H,2-4,9-10H2,1H3,(H,18,20)(H,19,21). The lowest BCUT2D eigenvalue weighted by atomic mass is 10.2. The van der Waals surface area contributed by atoms with Gasteiger partial charge in [-0.05, 0) is 37.1 Å². The highest BCUT2D eigenvalue weighted by Crippen LogP contribution is 2.39. The Labute approximate surface area is 130 Å². The van der Waals surface area contributed by atoms with Crippen molar-refractivity contribution in [1.29, 1.82) is 0 Å². The van der Waals surface area contributed by atoms with E-state index in [-0.39, 0.29) is 23.7 Å². The van der Waals surface area contributed by atoms with E-state index < -0.39 is 0 Å². The van der Waals surface area contributed by atoms with Gasteiger partial charge in [0, 0.05) is 17.3 Å². The molecule has 0 saturated heterocycles. The van der Waals surface area contributed by atoms with Crippen LogP contribution in [0.1, 0.15) is 32.6 Å². The summed E-state index contributed by atoms with van der Waals surface area (Å²) >= 11 is 5.79. The molecule has 1 fully saturated rings. The second kappa shape index (κ2) is 7.46. The highest BCUT2D eigenvalue weighted by Gasteiger charge is 2.47. The lowest BCUT2D eigenvalue weighted by Gasteiger charge is -2.06. The quantitative estimate of drug-likeness (QED) is 0.760. The highest BCUT2D eigenvalue weighted by atomic mass is 35.5. The van der Waals surface area contributed by atoms with E-state index in [4.69, 9.17) is 11.6 Å². The highest BCUT2D eigenvalue weighted by molar-refractivity contribution is 6.30. The molecule has 0 aliphatic heterocycles. The first-order chi connectivity index (χ1) is 10.1. The van der Waals surface area contributed by atoms with Crippen molar-refractivity contribution in [2.75, 3.05) is 11.9 Å². The lowest BCUT2D eigenvalue weighted by Crippen LogP contribution is -2.28.